The number of carbonyl (C=O) groups excluding carboxylic acids is 1. The first-order valence-corrected chi connectivity index (χ1v) is 7.10. The van der Waals surface area contributed by atoms with Gasteiger partial charge in [0.05, 0.1) is 6.20 Å². The first-order chi connectivity index (χ1) is 9.54. The van der Waals surface area contributed by atoms with E-state index in [-0.39, 0.29) is 17.4 Å². The second kappa shape index (κ2) is 4.90. The second-order valence-electron chi connectivity index (χ2n) is 5.01. The van der Waals surface area contributed by atoms with Crippen LogP contribution in [0.25, 0.3) is 0 Å². The predicted octanol–water partition coefficient (Wildman–Crippen LogP) is 2.53. The van der Waals surface area contributed by atoms with Crippen molar-refractivity contribution in [2.24, 2.45) is 5.73 Å². The largest absolute Gasteiger partial charge is 0.506 e. The van der Waals surface area contributed by atoms with Crippen LogP contribution >= 0.6 is 15.9 Å². The molecule has 1 aromatic heterocycles. The van der Waals surface area contributed by atoms with Crippen molar-refractivity contribution in [1.82, 2.24) is 4.98 Å². The molecule has 3 N–H and O–H groups in total. The monoisotopic (exact) mass is 332 g/mol. The summed E-state index contributed by atoms with van der Waals surface area (Å²) in [6, 6.07) is 7.78. The number of amides is 1. The minimum Gasteiger partial charge on any atom is -0.506 e. The molecule has 0 unspecified atom stereocenters. The maximum absolute atomic E-state index is 11.5. The van der Waals surface area contributed by atoms with Gasteiger partial charge >= 0.3 is 0 Å². The maximum Gasteiger partial charge on any atom is 0.267 e. The molecule has 20 heavy (non-hydrogen) atoms. The summed E-state index contributed by atoms with van der Waals surface area (Å²) < 4.78 is 1.04. The summed E-state index contributed by atoms with van der Waals surface area (Å²) in [6.07, 6.45) is 2.90. The van der Waals surface area contributed by atoms with Gasteiger partial charge in [0.1, 0.15) is 11.4 Å². The van der Waals surface area contributed by atoms with Crippen molar-refractivity contribution in [1.29, 1.82) is 0 Å². The quantitative estimate of drug-likeness (QED) is 0.887. The van der Waals surface area contributed by atoms with Crippen LogP contribution in [0, 0.1) is 0 Å². The Hall–Kier alpha value is -1.88. The highest BCUT2D eigenvalue weighted by Gasteiger charge is 2.27. The van der Waals surface area contributed by atoms with Gasteiger partial charge in [0.25, 0.3) is 5.91 Å². The Kier molecular flexibility index (Phi) is 3.22. The third kappa shape index (κ3) is 2.29. The first kappa shape index (κ1) is 13.1. The topological polar surface area (TPSA) is 76.2 Å². The van der Waals surface area contributed by atoms with Crippen LogP contribution in [0.5, 0.6) is 5.75 Å². The van der Waals surface area contributed by atoms with E-state index in [0.717, 1.165) is 22.9 Å². The third-order valence-electron chi connectivity index (χ3n) is 3.68. The van der Waals surface area contributed by atoms with Crippen LogP contribution in [0.15, 0.2) is 34.9 Å². The molecular weight excluding hydrogens is 320 g/mol. The normalized spacial score (nSPS) is 16.9. The van der Waals surface area contributed by atoms with Crippen LogP contribution < -0.4 is 5.73 Å². The Morgan fingerprint density at radius 2 is 2.05 bits per heavy atom. The van der Waals surface area contributed by atoms with Gasteiger partial charge in [-0.05, 0) is 53.6 Å². The summed E-state index contributed by atoms with van der Waals surface area (Å²) in [5, 5.41) is 9.62. The minimum absolute atomic E-state index is 0.0575. The van der Waals surface area contributed by atoms with E-state index >= 15 is 0 Å². The smallest absolute Gasteiger partial charge is 0.267 e. The highest BCUT2D eigenvalue weighted by Crippen LogP contribution is 2.37. The number of benzene rings is 1. The number of hydrogen-bond donors (Lipinski definition) is 2. The Morgan fingerprint density at radius 3 is 2.80 bits per heavy atom. The molecule has 0 fully saturated rings. The Bertz CT molecular complexity index is 700. The van der Waals surface area contributed by atoms with Crippen molar-refractivity contribution in [3.05, 3.63) is 57.3 Å². The molecule has 0 bridgehead atoms. The van der Waals surface area contributed by atoms with Crippen molar-refractivity contribution in [3.63, 3.8) is 0 Å². The van der Waals surface area contributed by atoms with E-state index in [1.165, 1.54) is 17.3 Å². The molecule has 0 saturated heterocycles. The molecular formula is C15H13BrN2O2. The molecule has 1 amide bonds. The van der Waals surface area contributed by atoms with Gasteiger partial charge in [-0.25, -0.2) is 4.98 Å². The Morgan fingerprint density at radius 1 is 1.30 bits per heavy atom. The summed E-state index contributed by atoms with van der Waals surface area (Å²) in [7, 11) is 0. The maximum atomic E-state index is 11.5. The lowest BCUT2D eigenvalue weighted by Crippen LogP contribution is -2.17. The van der Waals surface area contributed by atoms with Gasteiger partial charge in [0.2, 0.25) is 0 Å². The van der Waals surface area contributed by atoms with Crippen LogP contribution in [0.4, 0.5) is 0 Å². The minimum atomic E-state index is -0.558. The average Bonchev–Trinajstić information content (AvgIpc) is 2.81. The number of carbonyl (C=O) groups is 1. The number of fused-ring (bicyclic) bond motifs is 1. The summed E-state index contributed by atoms with van der Waals surface area (Å²) in [5.41, 5.74) is 8.86. The zero-order valence-electron chi connectivity index (χ0n) is 10.6. The number of pyridine rings is 1. The lowest BCUT2D eigenvalue weighted by Gasteiger charge is -2.12. The van der Waals surface area contributed by atoms with Gasteiger partial charge < -0.3 is 10.8 Å². The Labute approximate surface area is 124 Å². The van der Waals surface area contributed by atoms with Crippen molar-refractivity contribution in [3.8, 4) is 5.75 Å². The molecule has 3 rings (SSSR count). The number of rotatable bonds is 2. The third-order valence-corrected chi connectivity index (χ3v) is 4.17. The van der Waals surface area contributed by atoms with E-state index in [1.807, 2.05) is 6.07 Å². The molecule has 0 saturated carbocycles. The summed E-state index contributed by atoms with van der Waals surface area (Å²) in [5.74, 6) is -0.374. The van der Waals surface area contributed by atoms with E-state index in [9.17, 15) is 9.90 Å². The van der Waals surface area contributed by atoms with Crippen molar-refractivity contribution in [2.45, 2.75) is 18.8 Å². The molecule has 1 aliphatic rings. The molecule has 0 aliphatic heterocycles. The van der Waals surface area contributed by atoms with Gasteiger partial charge in [-0.15, -0.1) is 0 Å². The molecule has 5 heteroatoms. The zero-order chi connectivity index (χ0) is 14.3. The van der Waals surface area contributed by atoms with Crippen LogP contribution in [0.2, 0.25) is 0 Å². The van der Waals surface area contributed by atoms with E-state index in [2.05, 4.69) is 33.0 Å². The fourth-order valence-electron chi connectivity index (χ4n) is 2.79. The number of hydrogen-bond acceptors (Lipinski definition) is 3. The lowest BCUT2D eigenvalue weighted by molar-refractivity contribution is 0.0994. The van der Waals surface area contributed by atoms with Gasteiger partial charge in [0.15, 0.2) is 0 Å². The van der Waals surface area contributed by atoms with E-state index in [1.54, 1.807) is 6.07 Å². The lowest BCUT2D eigenvalue weighted by atomic mass is 9.94. The standard InChI is InChI=1S/C15H13BrN2O2/c16-11-2-1-8-3-10(4-9(8)5-11)13-6-12(19)7-18-14(13)15(17)20/h1-2,5-7,10,19H,3-4H2,(H2,17,20)/t10-/m1/s1. The fourth-order valence-corrected chi connectivity index (χ4v) is 3.20. The highest BCUT2D eigenvalue weighted by molar-refractivity contribution is 9.10. The summed E-state index contributed by atoms with van der Waals surface area (Å²) in [6.45, 7) is 0. The average molecular weight is 333 g/mol. The van der Waals surface area contributed by atoms with Gasteiger partial charge in [0, 0.05) is 4.47 Å². The van der Waals surface area contributed by atoms with Gasteiger partial charge in [-0.2, -0.15) is 0 Å². The fraction of sp³-hybridized carbons (Fsp3) is 0.200. The molecule has 1 atom stereocenters. The molecule has 1 aliphatic carbocycles. The molecule has 2 aromatic rings. The van der Waals surface area contributed by atoms with Gasteiger partial charge in [-0.3, -0.25) is 4.79 Å². The highest BCUT2D eigenvalue weighted by atomic mass is 79.9. The number of nitrogens with two attached hydrogens (primary N) is 1. The molecule has 0 radical (unpaired) electrons. The second-order valence-corrected chi connectivity index (χ2v) is 5.93. The van der Waals surface area contributed by atoms with Crippen molar-refractivity contribution < 1.29 is 9.90 Å². The SMILES string of the molecule is NC(=O)c1ncc(O)cc1[C@@H]1Cc2ccc(Br)cc2C1. The van der Waals surface area contributed by atoms with E-state index in [4.69, 9.17) is 5.73 Å². The van der Waals surface area contributed by atoms with E-state index in [0.29, 0.717) is 0 Å². The van der Waals surface area contributed by atoms with Crippen LogP contribution in [0.3, 0.4) is 0 Å². The van der Waals surface area contributed by atoms with Crippen LogP contribution in [-0.2, 0) is 12.8 Å². The molecule has 4 nitrogen and oxygen atoms in total. The van der Waals surface area contributed by atoms with Crippen molar-refractivity contribution >= 4 is 21.8 Å². The zero-order valence-corrected chi connectivity index (χ0v) is 12.2. The number of aromatic hydroxyl groups is 1. The molecule has 1 aromatic carbocycles. The number of primary amides is 1. The molecule has 0 spiro atoms. The number of halogens is 1. The summed E-state index contributed by atoms with van der Waals surface area (Å²) in [4.78, 5) is 15.5. The molecule has 1 heterocycles. The Balaban J connectivity index is 2.00. The number of nitrogens with zero attached hydrogens (tertiary/aromatic N) is 1. The summed E-state index contributed by atoms with van der Waals surface area (Å²) >= 11 is 3.46. The number of aromatic nitrogens is 1. The predicted molar refractivity (Wildman–Crippen MR) is 78.7 cm³/mol. The van der Waals surface area contributed by atoms with E-state index < -0.39 is 5.91 Å². The van der Waals surface area contributed by atoms with Crippen LogP contribution in [0.1, 0.15) is 33.1 Å². The van der Waals surface area contributed by atoms with Crippen molar-refractivity contribution in [2.75, 3.05) is 0 Å². The molecule has 102 valence electrons. The van der Waals surface area contributed by atoms with Crippen LogP contribution in [-0.4, -0.2) is 16.0 Å². The first-order valence-electron chi connectivity index (χ1n) is 6.30. The van der Waals surface area contributed by atoms with Gasteiger partial charge in [-0.1, -0.05) is 22.0 Å².